The number of amides is 1. The lowest BCUT2D eigenvalue weighted by Gasteiger charge is -2.27. The Morgan fingerprint density at radius 3 is 2.74 bits per heavy atom. The summed E-state index contributed by atoms with van der Waals surface area (Å²) in [4.78, 5) is 21.9. The molecule has 1 aliphatic heterocycles. The first-order chi connectivity index (χ1) is 9.09. The molecule has 19 heavy (non-hydrogen) atoms. The molecular weight excluding hydrogens is 240 g/mol. The summed E-state index contributed by atoms with van der Waals surface area (Å²) >= 11 is 0. The van der Waals surface area contributed by atoms with E-state index in [9.17, 15) is 4.79 Å². The van der Waals surface area contributed by atoms with Crippen LogP contribution in [0, 0.1) is 0 Å². The highest BCUT2D eigenvalue weighted by atomic mass is 16.2. The van der Waals surface area contributed by atoms with Gasteiger partial charge in [0.25, 0.3) is 0 Å². The number of nitrogens with one attached hydrogen (secondary N) is 1. The minimum atomic E-state index is -1.09. The topological polar surface area (TPSA) is 75.0 Å². The first-order valence-corrected chi connectivity index (χ1v) is 6.62. The smallest absolute Gasteiger partial charge is 0.250 e. The van der Waals surface area contributed by atoms with E-state index in [1.807, 2.05) is 29.2 Å². The minimum Gasteiger partial charge on any atom is -0.341 e. The van der Waals surface area contributed by atoms with E-state index in [0.717, 1.165) is 37.0 Å². The minimum absolute atomic E-state index is 0.0518. The zero-order valence-corrected chi connectivity index (χ0v) is 11.0. The van der Waals surface area contributed by atoms with Gasteiger partial charge in [-0.1, -0.05) is 12.1 Å². The van der Waals surface area contributed by atoms with Gasteiger partial charge in [-0.3, -0.25) is 4.79 Å². The van der Waals surface area contributed by atoms with Crippen LogP contribution < -0.4 is 5.73 Å². The molecule has 1 aliphatic rings. The predicted molar refractivity (Wildman–Crippen MR) is 73.4 cm³/mol. The normalized spacial score (nSPS) is 18.7. The van der Waals surface area contributed by atoms with Crippen LogP contribution in [0.3, 0.4) is 0 Å². The number of hydrogen-bond acceptors (Lipinski definition) is 3. The van der Waals surface area contributed by atoms with Gasteiger partial charge in [0.2, 0.25) is 5.91 Å². The van der Waals surface area contributed by atoms with Gasteiger partial charge in [0, 0.05) is 13.1 Å². The first-order valence-electron chi connectivity index (χ1n) is 6.62. The number of hydrogen-bond donors (Lipinski definition) is 2. The van der Waals surface area contributed by atoms with Crippen molar-refractivity contribution in [3.8, 4) is 0 Å². The van der Waals surface area contributed by atoms with Crippen LogP contribution in [0.15, 0.2) is 24.3 Å². The molecule has 2 heterocycles. The number of aromatic nitrogens is 2. The number of carbonyl (C=O) groups is 1. The van der Waals surface area contributed by atoms with Crippen molar-refractivity contribution < 1.29 is 4.79 Å². The summed E-state index contributed by atoms with van der Waals surface area (Å²) in [6.07, 6.45) is 2.11. The highest BCUT2D eigenvalue weighted by Crippen LogP contribution is 2.23. The third kappa shape index (κ3) is 2.00. The van der Waals surface area contributed by atoms with Gasteiger partial charge in [-0.2, -0.15) is 0 Å². The third-order valence-corrected chi connectivity index (χ3v) is 3.72. The fourth-order valence-electron chi connectivity index (χ4n) is 2.55. The average molecular weight is 258 g/mol. The fraction of sp³-hybridized carbons (Fsp3) is 0.429. The second-order valence-corrected chi connectivity index (χ2v) is 5.30. The van der Waals surface area contributed by atoms with Crippen molar-refractivity contribution in [3.05, 3.63) is 30.1 Å². The van der Waals surface area contributed by atoms with E-state index in [0.29, 0.717) is 5.82 Å². The van der Waals surface area contributed by atoms with Gasteiger partial charge >= 0.3 is 0 Å². The number of imidazole rings is 1. The number of nitrogens with two attached hydrogens (primary N) is 1. The van der Waals surface area contributed by atoms with E-state index in [-0.39, 0.29) is 5.91 Å². The molecule has 1 amide bonds. The zero-order valence-electron chi connectivity index (χ0n) is 11.0. The van der Waals surface area contributed by atoms with Crippen LogP contribution in [-0.4, -0.2) is 33.9 Å². The van der Waals surface area contributed by atoms with Gasteiger partial charge in [-0.15, -0.1) is 0 Å². The molecule has 1 atom stereocenters. The fourth-order valence-corrected chi connectivity index (χ4v) is 2.55. The van der Waals surface area contributed by atoms with E-state index >= 15 is 0 Å². The van der Waals surface area contributed by atoms with E-state index in [2.05, 4.69) is 9.97 Å². The molecule has 1 aromatic heterocycles. The summed E-state index contributed by atoms with van der Waals surface area (Å²) in [6.45, 7) is 3.32. The van der Waals surface area contributed by atoms with Gasteiger partial charge in [-0.05, 0) is 31.9 Å². The molecule has 0 spiro atoms. The molecular formula is C14H18N4O. The number of nitrogens with zero attached hydrogens (tertiary/aromatic N) is 2. The van der Waals surface area contributed by atoms with E-state index < -0.39 is 5.54 Å². The molecule has 0 saturated carbocycles. The van der Waals surface area contributed by atoms with Crippen molar-refractivity contribution in [2.24, 2.45) is 5.73 Å². The number of likely N-dealkylation sites (tertiary alicyclic amines) is 1. The molecule has 1 aromatic carbocycles. The maximum atomic E-state index is 12.5. The quantitative estimate of drug-likeness (QED) is 0.854. The van der Waals surface area contributed by atoms with E-state index in [1.165, 1.54) is 0 Å². The molecule has 0 bridgehead atoms. The number of carbonyl (C=O) groups excluding carboxylic acids is 1. The van der Waals surface area contributed by atoms with Crippen molar-refractivity contribution in [3.63, 3.8) is 0 Å². The van der Waals surface area contributed by atoms with Crippen molar-refractivity contribution in [2.45, 2.75) is 25.3 Å². The number of rotatable bonds is 2. The second kappa shape index (κ2) is 4.35. The molecule has 5 nitrogen and oxygen atoms in total. The molecule has 1 fully saturated rings. The lowest BCUT2D eigenvalue weighted by atomic mass is 10.0. The number of fused-ring (bicyclic) bond motifs is 1. The van der Waals surface area contributed by atoms with Gasteiger partial charge in [0.05, 0.1) is 11.0 Å². The SMILES string of the molecule is CC(N)(C(=O)N1CCCC1)c1nc2ccccc2[nH]1. The molecule has 0 aliphatic carbocycles. The highest BCUT2D eigenvalue weighted by molar-refractivity contribution is 5.87. The molecule has 2 aromatic rings. The van der Waals surface area contributed by atoms with E-state index in [1.54, 1.807) is 6.92 Å². The molecule has 100 valence electrons. The van der Waals surface area contributed by atoms with Crippen LogP contribution in [0.2, 0.25) is 0 Å². The Bertz CT molecular complexity index is 578. The van der Waals surface area contributed by atoms with Crippen molar-refractivity contribution in [1.82, 2.24) is 14.9 Å². The zero-order chi connectivity index (χ0) is 13.5. The van der Waals surface area contributed by atoms with Crippen LogP contribution >= 0.6 is 0 Å². The summed E-state index contributed by atoms with van der Waals surface area (Å²) in [5.41, 5.74) is 6.89. The maximum Gasteiger partial charge on any atom is 0.250 e. The molecule has 0 radical (unpaired) electrons. The van der Waals surface area contributed by atoms with Gasteiger partial charge in [0.15, 0.2) is 5.54 Å². The molecule has 1 saturated heterocycles. The average Bonchev–Trinajstić information content (AvgIpc) is 3.06. The molecule has 1 unspecified atom stereocenters. The summed E-state index contributed by atoms with van der Waals surface area (Å²) in [5, 5.41) is 0. The largest absolute Gasteiger partial charge is 0.341 e. The Morgan fingerprint density at radius 1 is 1.37 bits per heavy atom. The number of H-pyrrole nitrogens is 1. The van der Waals surface area contributed by atoms with Crippen LogP contribution in [0.5, 0.6) is 0 Å². The van der Waals surface area contributed by atoms with Crippen LogP contribution in [0.4, 0.5) is 0 Å². The van der Waals surface area contributed by atoms with Crippen molar-refractivity contribution >= 4 is 16.9 Å². The standard InChI is InChI=1S/C14H18N4O/c1-14(15,13(19)18-8-4-5-9-18)12-16-10-6-2-3-7-11(10)17-12/h2-3,6-7H,4-5,8-9,15H2,1H3,(H,16,17). The second-order valence-electron chi connectivity index (χ2n) is 5.30. The lowest BCUT2D eigenvalue weighted by molar-refractivity contribution is -0.135. The van der Waals surface area contributed by atoms with Crippen LogP contribution in [0.25, 0.3) is 11.0 Å². The van der Waals surface area contributed by atoms with Crippen LogP contribution in [-0.2, 0) is 10.3 Å². The number of benzene rings is 1. The summed E-state index contributed by atoms with van der Waals surface area (Å²) in [5.74, 6) is 0.481. The van der Waals surface area contributed by atoms with Crippen molar-refractivity contribution in [1.29, 1.82) is 0 Å². The van der Waals surface area contributed by atoms with Gasteiger partial charge < -0.3 is 15.6 Å². The highest BCUT2D eigenvalue weighted by Gasteiger charge is 2.38. The molecule has 3 N–H and O–H groups in total. The van der Waals surface area contributed by atoms with Crippen LogP contribution in [0.1, 0.15) is 25.6 Å². The summed E-state index contributed by atoms with van der Waals surface area (Å²) in [7, 11) is 0. The van der Waals surface area contributed by atoms with Crippen molar-refractivity contribution in [2.75, 3.05) is 13.1 Å². The van der Waals surface area contributed by atoms with Gasteiger partial charge in [0.1, 0.15) is 5.82 Å². The van der Waals surface area contributed by atoms with E-state index in [4.69, 9.17) is 5.73 Å². The third-order valence-electron chi connectivity index (χ3n) is 3.72. The molecule has 5 heteroatoms. The number of para-hydroxylation sites is 2. The number of aromatic amines is 1. The Kier molecular flexibility index (Phi) is 2.78. The summed E-state index contributed by atoms with van der Waals surface area (Å²) < 4.78 is 0. The lowest BCUT2D eigenvalue weighted by Crippen LogP contribution is -2.50. The van der Waals surface area contributed by atoms with Gasteiger partial charge in [-0.25, -0.2) is 4.98 Å². The predicted octanol–water partition coefficient (Wildman–Crippen LogP) is 1.36. The Morgan fingerprint density at radius 2 is 2.05 bits per heavy atom. The Labute approximate surface area is 111 Å². The Balaban J connectivity index is 1.96. The molecule has 3 rings (SSSR count). The first kappa shape index (κ1) is 12.2. The summed E-state index contributed by atoms with van der Waals surface area (Å²) in [6, 6.07) is 7.69. The maximum absolute atomic E-state index is 12.5. The Hall–Kier alpha value is -1.88. The monoisotopic (exact) mass is 258 g/mol.